The Morgan fingerprint density at radius 2 is 1.60 bits per heavy atom. The number of hydrogen-bond acceptors (Lipinski definition) is 6. The molecule has 3 aromatic carbocycles. The van der Waals surface area contributed by atoms with Crippen LogP contribution in [0.15, 0.2) is 77.7 Å². The van der Waals surface area contributed by atoms with E-state index in [1.807, 2.05) is 20.8 Å². The zero-order valence-corrected chi connectivity index (χ0v) is 26.3. The standard InChI is InChI=1S/C31H38ClN3O6S/c1-7-26(30(37)33-31(2,3)4)34(20-22-13-15-23(32)16-14-22)29(36)21-35(42(38,39)25-11-9-8-10-12-25)27-19-24(40-5)17-18-28(27)41-6/h8-19,26H,7,20-21H2,1-6H3,(H,33,37)/t26-/m0/s1. The number of nitrogens with one attached hydrogen (secondary N) is 1. The summed E-state index contributed by atoms with van der Waals surface area (Å²) in [7, 11) is -1.40. The molecular weight excluding hydrogens is 578 g/mol. The van der Waals surface area contributed by atoms with Gasteiger partial charge in [0.05, 0.1) is 24.8 Å². The van der Waals surface area contributed by atoms with Crippen molar-refractivity contribution >= 4 is 39.1 Å². The molecule has 0 saturated carbocycles. The summed E-state index contributed by atoms with van der Waals surface area (Å²) in [5.41, 5.74) is 0.301. The predicted molar refractivity (Wildman–Crippen MR) is 164 cm³/mol. The summed E-state index contributed by atoms with van der Waals surface area (Å²) in [5.74, 6) is -0.320. The largest absolute Gasteiger partial charge is 0.497 e. The molecule has 2 amide bonds. The normalized spacial score (nSPS) is 12.3. The number of ether oxygens (including phenoxy) is 2. The lowest BCUT2D eigenvalue weighted by Crippen LogP contribution is -2.55. The average molecular weight is 616 g/mol. The van der Waals surface area contributed by atoms with Crippen LogP contribution in [-0.4, -0.2) is 57.5 Å². The van der Waals surface area contributed by atoms with E-state index in [9.17, 15) is 18.0 Å². The summed E-state index contributed by atoms with van der Waals surface area (Å²) < 4.78 is 40.0. The minimum atomic E-state index is -4.27. The van der Waals surface area contributed by atoms with Gasteiger partial charge in [-0.15, -0.1) is 0 Å². The molecule has 0 unspecified atom stereocenters. The highest BCUT2D eigenvalue weighted by molar-refractivity contribution is 7.92. The number of hydrogen-bond donors (Lipinski definition) is 1. The van der Waals surface area contributed by atoms with E-state index in [0.717, 1.165) is 9.87 Å². The van der Waals surface area contributed by atoms with E-state index < -0.39 is 34.1 Å². The number of rotatable bonds is 12. The Hall–Kier alpha value is -3.76. The second-order valence-corrected chi connectivity index (χ2v) is 13.0. The van der Waals surface area contributed by atoms with Gasteiger partial charge in [-0.05, 0) is 69.2 Å². The molecule has 3 rings (SSSR count). The van der Waals surface area contributed by atoms with Gasteiger partial charge in [0.2, 0.25) is 11.8 Å². The number of nitrogens with zero attached hydrogens (tertiary/aromatic N) is 2. The van der Waals surface area contributed by atoms with E-state index in [1.54, 1.807) is 61.5 Å². The molecule has 0 aromatic heterocycles. The van der Waals surface area contributed by atoms with Crippen molar-refractivity contribution in [3.8, 4) is 11.5 Å². The molecule has 42 heavy (non-hydrogen) atoms. The van der Waals surface area contributed by atoms with Gasteiger partial charge < -0.3 is 19.7 Å². The van der Waals surface area contributed by atoms with Gasteiger partial charge in [-0.25, -0.2) is 8.42 Å². The molecular formula is C31H38ClN3O6S. The molecule has 0 spiro atoms. The van der Waals surface area contributed by atoms with Crippen LogP contribution >= 0.6 is 11.6 Å². The van der Waals surface area contributed by atoms with Crippen LogP contribution in [0.5, 0.6) is 11.5 Å². The average Bonchev–Trinajstić information content (AvgIpc) is 2.95. The molecule has 9 nitrogen and oxygen atoms in total. The lowest BCUT2D eigenvalue weighted by atomic mass is 10.1. The first kappa shape index (κ1) is 32.8. The highest BCUT2D eigenvalue weighted by Gasteiger charge is 2.35. The lowest BCUT2D eigenvalue weighted by Gasteiger charge is -2.35. The molecule has 0 bridgehead atoms. The number of amides is 2. The summed E-state index contributed by atoms with van der Waals surface area (Å²) in [5, 5.41) is 3.48. The summed E-state index contributed by atoms with van der Waals surface area (Å²) in [6.07, 6.45) is 0.301. The first-order valence-corrected chi connectivity index (χ1v) is 15.3. The Morgan fingerprint density at radius 3 is 2.14 bits per heavy atom. The van der Waals surface area contributed by atoms with Gasteiger partial charge in [0.15, 0.2) is 0 Å². The maximum Gasteiger partial charge on any atom is 0.264 e. The Morgan fingerprint density at radius 1 is 0.952 bits per heavy atom. The first-order valence-electron chi connectivity index (χ1n) is 13.5. The summed E-state index contributed by atoms with van der Waals surface area (Å²) in [6, 6.07) is 18.6. The third-order valence-electron chi connectivity index (χ3n) is 6.42. The highest BCUT2D eigenvalue weighted by Crippen LogP contribution is 2.36. The summed E-state index contributed by atoms with van der Waals surface area (Å²) in [4.78, 5) is 29.1. The number of anilines is 1. The van der Waals surface area contributed by atoms with Gasteiger partial charge in [-0.2, -0.15) is 0 Å². The maximum atomic E-state index is 14.2. The topological polar surface area (TPSA) is 105 Å². The molecule has 0 radical (unpaired) electrons. The van der Waals surface area contributed by atoms with Crippen molar-refractivity contribution in [2.24, 2.45) is 0 Å². The number of methoxy groups -OCH3 is 2. The third-order valence-corrected chi connectivity index (χ3v) is 8.44. The minimum absolute atomic E-state index is 0.00978. The second-order valence-electron chi connectivity index (χ2n) is 10.7. The van der Waals surface area contributed by atoms with Crippen molar-refractivity contribution in [3.05, 3.63) is 83.4 Å². The van der Waals surface area contributed by atoms with Gasteiger partial charge in [-0.1, -0.05) is 48.9 Å². The predicted octanol–water partition coefficient (Wildman–Crippen LogP) is 5.27. The van der Waals surface area contributed by atoms with Crippen molar-refractivity contribution in [1.82, 2.24) is 10.2 Å². The van der Waals surface area contributed by atoms with Gasteiger partial charge in [-0.3, -0.25) is 13.9 Å². The van der Waals surface area contributed by atoms with E-state index in [-0.39, 0.29) is 28.8 Å². The summed E-state index contributed by atoms with van der Waals surface area (Å²) in [6.45, 7) is 6.82. The van der Waals surface area contributed by atoms with Crippen LogP contribution < -0.4 is 19.1 Å². The molecule has 1 atom stereocenters. The maximum absolute atomic E-state index is 14.2. The van der Waals surface area contributed by atoms with Crippen LogP contribution in [-0.2, 0) is 26.2 Å². The fourth-order valence-electron chi connectivity index (χ4n) is 4.38. The van der Waals surface area contributed by atoms with Crippen LogP contribution in [0.1, 0.15) is 39.7 Å². The summed E-state index contributed by atoms with van der Waals surface area (Å²) >= 11 is 6.08. The zero-order chi connectivity index (χ0) is 31.1. The van der Waals surface area contributed by atoms with E-state index in [1.165, 1.54) is 37.3 Å². The van der Waals surface area contributed by atoms with E-state index in [2.05, 4.69) is 5.32 Å². The molecule has 3 aromatic rings. The van der Waals surface area contributed by atoms with Crippen molar-refractivity contribution in [1.29, 1.82) is 0 Å². The van der Waals surface area contributed by atoms with Crippen LogP contribution in [0.25, 0.3) is 0 Å². The zero-order valence-electron chi connectivity index (χ0n) is 24.8. The minimum Gasteiger partial charge on any atom is -0.497 e. The first-order chi connectivity index (χ1) is 19.8. The van der Waals surface area contributed by atoms with Crippen molar-refractivity contribution in [2.75, 3.05) is 25.1 Å². The monoisotopic (exact) mass is 615 g/mol. The fourth-order valence-corrected chi connectivity index (χ4v) is 5.95. The molecule has 0 aliphatic heterocycles. The Labute approximate surface area is 253 Å². The molecule has 11 heteroatoms. The molecule has 0 heterocycles. The smallest absolute Gasteiger partial charge is 0.264 e. The highest BCUT2D eigenvalue weighted by atomic mass is 35.5. The SMILES string of the molecule is CC[C@@H](C(=O)NC(C)(C)C)N(Cc1ccc(Cl)cc1)C(=O)CN(c1cc(OC)ccc1OC)S(=O)(=O)c1ccccc1. The number of sulfonamides is 1. The Balaban J connectivity index is 2.14. The fraction of sp³-hybridized carbons (Fsp3) is 0.355. The van der Waals surface area contributed by atoms with Crippen molar-refractivity contribution in [3.63, 3.8) is 0 Å². The van der Waals surface area contributed by atoms with Crippen LogP contribution in [0.4, 0.5) is 5.69 Å². The quantitative estimate of drug-likeness (QED) is 0.297. The van der Waals surface area contributed by atoms with Gasteiger partial charge >= 0.3 is 0 Å². The number of carbonyl (C=O) groups excluding carboxylic acids is 2. The third kappa shape index (κ3) is 8.17. The van der Waals surface area contributed by atoms with Crippen LogP contribution in [0.3, 0.4) is 0 Å². The van der Waals surface area contributed by atoms with E-state index in [0.29, 0.717) is 17.2 Å². The molecule has 0 aliphatic carbocycles. The number of benzene rings is 3. The molecule has 0 aliphatic rings. The van der Waals surface area contributed by atoms with Crippen LogP contribution in [0, 0.1) is 0 Å². The molecule has 1 N–H and O–H groups in total. The Bertz CT molecular complexity index is 1470. The van der Waals surface area contributed by atoms with Crippen LogP contribution in [0.2, 0.25) is 5.02 Å². The lowest BCUT2D eigenvalue weighted by molar-refractivity contribution is -0.141. The Kier molecular flexibility index (Phi) is 10.9. The van der Waals surface area contributed by atoms with Gasteiger partial charge in [0, 0.05) is 23.2 Å². The van der Waals surface area contributed by atoms with Gasteiger partial charge in [0.25, 0.3) is 10.0 Å². The molecule has 0 saturated heterocycles. The van der Waals surface area contributed by atoms with E-state index >= 15 is 0 Å². The number of halogens is 1. The van der Waals surface area contributed by atoms with Crippen molar-refractivity contribution in [2.45, 2.75) is 57.1 Å². The number of carbonyl (C=O) groups is 2. The van der Waals surface area contributed by atoms with E-state index in [4.69, 9.17) is 21.1 Å². The van der Waals surface area contributed by atoms with Gasteiger partial charge in [0.1, 0.15) is 24.1 Å². The van der Waals surface area contributed by atoms with Crippen molar-refractivity contribution < 1.29 is 27.5 Å². The molecule has 0 fully saturated rings. The second kappa shape index (κ2) is 13.9. The molecule has 226 valence electrons.